The number of amides is 1. The molecule has 0 aromatic carbocycles. The molecule has 16 heavy (non-hydrogen) atoms. The van der Waals surface area contributed by atoms with Crippen molar-refractivity contribution in [3.05, 3.63) is 6.20 Å². The number of carbonyl (C=O) groups excluding carboxylic acids is 1. The van der Waals surface area contributed by atoms with Gasteiger partial charge in [0.25, 0.3) is 0 Å². The lowest BCUT2D eigenvalue weighted by Crippen LogP contribution is -2.53. The Labute approximate surface area is 97.4 Å². The van der Waals surface area contributed by atoms with Gasteiger partial charge in [0, 0.05) is 13.6 Å². The smallest absolute Gasteiger partial charge is 0.244 e. The van der Waals surface area contributed by atoms with Crippen LogP contribution < -0.4 is 16.0 Å². The van der Waals surface area contributed by atoms with Gasteiger partial charge in [0.05, 0.1) is 19.4 Å². The van der Waals surface area contributed by atoms with Crippen LogP contribution in [0.3, 0.4) is 0 Å². The highest BCUT2D eigenvalue weighted by molar-refractivity contribution is 7.19. The molecule has 0 saturated carbocycles. The highest BCUT2D eigenvalue weighted by atomic mass is 32.1. The number of anilines is 2. The summed E-state index contributed by atoms with van der Waals surface area (Å²) in [6.07, 6.45) is 1.61. The van der Waals surface area contributed by atoms with Crippen LogP contribution in [-0.4, -0.2) is 43.7 Å². The Bertz CT molecular complexity index is 381. The number of nitrogen functional groups attached to an aromatic ring is 1. The summed E-state index contributed by atoms with van der Waals surface area (Å²) in [5.41, 5.74) is 5.64. The number of thiazole rings is 1. The third-order valence-electron chi connectivity index (χ3n) is 2.43. The molecule has 0 bridgehead atoms. The minimum absolute atomic E-state index is 0.0616. The zero-order valence-electron chi connectivity index (χ0n) is 8.97. The summed E-state index contributed by atoms with van der Waals surface area (Å²) < 4.78 is 5.31. The molecular formula is C9H14N4O2S. The van der Waals surface area contributed by atoms with Gasteiger partial charge in [-0.1, -0.05) is 11.3 Å². The Balaban J connectivity index is 2.19. The van der Waals surface area contributed by atoms with Crippen molar-refractivity contribution in [3.8, 4) is 0 Å². The van der Waals surface area contributed by atoms with Crippen LogP contribution in [0.25, 0.3) is 0 Å². The van der Waals surface area contributed by atoms with Crippen LogP contribution in [-0.2, 0) is 9.53 Å². The van der Waals surface area contributed by atoms with Crippen molar-refractivity contribution in [2.24, 2.45) is 0 Å². The van der Waals surface area contributed by atoms with Crippen LogP contribution in [0.4, 0.5) is 10.1 Å². The molecule has 1 aromatic heterocycles. The maximum Gasteiger partial charge on any atom is 0.244 e. The molecule has 1 saturated heterocycles. The van der Waals surface area contributed by atoms with Crippen molar-refractivity contribution in [2.45, 2.75) is 6.04 Å². The monoisotopic (exact) mass is 242 g/mol. The molecule has 1 aliphatic heterocycles. The van der Waals surface area contributed by atoms with Crippen LogP contribution in [0, 0.1) is 0 Å². The Morgan fingerprint density at radius 3 is 3.25 bits per heavy atom. The van der Waals surface area contributed by atoms with Crippen LogP contribution in [0.2, 0.25) is 0 Å². The first kappa shape index (κ1) is 11.2. The molecule has 0 radical (unpaired) electrons. The van der Waals surface area contributed by atoms with Gasteiger partial charge in [-0.05, 0) is 0 Å². The van der Waals surface area contributed by atoms with E-state index >= 15 is 0 Å². The molecule has 1 unspecified atom stereocenters. The molecule has 0 spiro atoms. The second kappa shape index (κ2) is 4.67. The number of aromatic nitrogens is 1. The summed E-state index contributed by atoms with van der Waals surface area (Å²) in [6.45, 7) is 1.65. The lowest BCUT2D eigenvalue weighted by Gasteiger charge is -2.33. The molecule has 88 valence electrons. The number of morpholine rings is 1. The fraction of sp³-hybridized carbons (Fsp3) is 0.556. The van der Waals surface area contributed by atoms with Crippen molar-refractivity contribution < 1.29 is 9.53 Å². The number of nitrogens with zero attached hydrogens (tertiary/aromatic N) is 2. The van der Waals surface area contributed by atoms with E-state index < -0.39 is 0 Å². The number of rotatable bonds is 2. The van der Waals surface area contributed by atoms with Crippen molar-refractivity contribution in [1.82, 2.24) is 10.3 Å². The second-order valence-electron chi connectivity index (χ2n) is 3.44. The van der Waals surface area contributed by atoms with Gasteiger partial charge in [-0.3, -0.25) is 4.79 Å². The quantitative estimate of drug-likeness (QED) is 0.742. The summed E-state index contributed by atoms with van der Waals surface area (Å²) >= 11 is 1.38. The van der Waals surface area contributed by atoms with Gasteiger partial charge < -0.3 is 20.7 Å². The lowest BCUT2D eigenvalue weighted by atomic mass is 10.2. The molecule has 6 nitrogen and oxygen atoms in total. The Kier molecular flexibility index (Phi) is 3.25. The third-order valence-corrected chi connectivity index (χ3v) is 3.30. The van der Waals surface area contributed by atoms with E-state index in [1.807, 2.05) is 4.90 Å². The van der Waals surface area contributed by atoms with Crippen LogP contribution in [0.1, 0.15) is 0 Å². The number of likely N-dealkylation sites (N-methyl/N-ethyl adjacent to an activating group) is 1. The van der Waals surface area contributed by atoms with Gasteiger partial charge in [0.2, 0.25) is 5.91 Å². The van der Waals surface area contributed by atoms with E-state index in [0.717, 1.165) is 5.13 Å². The molecule has 2 heterocycles. The molecule has 7 heteroatoms. The van der Waals surface area contributed by atoms with Crippen molar-refractivity contribution in [3.63, 3.8) is 0 Å². The zero-order chi connectivity index (χ0) is 11.5. The van der Waals surface area contributed by atoms with Crippen molar-refractivity contribution in [1.29, 1.82) is 0 Å². The first-order valence-electron chi connectivity index (χ1n) is 4.99. The Morgan fingerprint density at radius 2 is 2.62 bits per heavy atom. The number of nitrogens with one attached hydrogen (secondary N) is 1. The third kappa shape index (κ3) is 2.10. The topological polar surface area (TPSA) is 80.5 Å². The van der Waals surface area contributed by atoms with E-state index in [0.29, 0.717) is 24.8 Å². The molecule has 2 rings (SSSR count). The van der Waals surface area contributed by atoms with Gasteiger partial charge in [-0.2, -0.15) is 0 Å². The number of carbonyl (C=O) groups is 1. The van der Waals surface area contributed by atoms with Crippen LogP contribution >= 0.6 is 11.3 Å². The van der Waals surface area contributed by atoms with E-state index in [4.69, 9.17) is 10.5 Å². The summed E-state index contributed by atoms with van der Waals surface area (Å²) in [5.74, 6) is -0.0616. The number of nitrogens with two attached hydrogens (primary N) is 1. The predicted octanol–water partition coefficient (Wildman–Crippen LogP) is -0.324. The molecule has 0 aliphatic carbocycles. The summed E-state index contributed by atoms with van der Waals surface area (Å²) in [7, 11) is 1.62. The number of hydrogen-bond donors (Lipinski definition) is 2. The van der Waals surface area contributed by atoms with Crippen molar-refractivity contribution >= 4 is 27.4 Å². The van der Waals surface area contributed by atoms with E-state index in [-0.39, 0.29) is 11.9 Å². The largest absolute Gasteiger partial charge is 0.389 e. The van der Waals surface area contributed by atoms with Crippen LogP contribution in [0.15, 0.2) is 6.20 Å². The summed E-state index contributed by atoms with van der Waals surface area (Å²) in [6, 6.07) is -0.315. The van der Waals surface area contributed by atoms with Gasteiger partial charge in [0.15, 0.2) is 5.13 Å². The highest BCUT2D eigenvalue weighted by Crippen LogP contribution is 2.26. The first-order valence-corrected chi connectivity index (χ1v) is 5.81. The zero-order valence-corrected chi connectivity index (χ0v) is 9.79. The number of ether oxygens (including phenoxy) is 1. The summed E-state index contributed by atoms with van der Waals surface area (Å²) in [4.78, 5) is 17.8. The Hall–Kier alpha value is -1.34. The van der Waals surface area contributed by atoms with E-state index in [9.17, 15) is 4.79 Å². The van der Waals surface area contributed by atoms with E-state index in [1.165, 1.54) is 11.3 Å². The fourth-order valence-corrected chi connectivity index (χ4v) is 2.38. The van der Waals surface area contributed by atoms with Gasteiger partial charge in [0.1, 0.15) is 11.0 Å². The molecule has 1 atom stereocenters. The molecule has 1 amide bonds. The maximum atomic E-state index is 11.7. The normalized spacial score (nSPS) is 20.8. The molecule has 1 fully saturated rings. The van der Waals surface area contributed by atoms with Gasteiger partial charge in [-0.15, -0.1) is 0 Å². The van der Waals surface area contributed by atoms with Crippen molar-refractivity contribution in [2.75, 3.05) is 37.4 Å². The molecule has 3 N–H and O–H groups in total. The predicted molar refractivity (Wildman–Crippen MR) is 62.5 cm³/mol. The van der Waals surface area contributed by atoms with E-state index in [1.54, 1.807) is 13.2 Å². The first-order chi connectivity index (χ1) is 7.72. The van der Waals surface area contributed by atoms with Crippen LogP contribution in [0.5, 0.6) is 0 Å². The maximum absolute atomic E-state index is 11.7. The SMILES string of the molecule is CNC(=O)C1COCCN1c1ncc(N)s1. The second-order valence-corrected chi connectivity index (χ2v) is 4.48. The average molecular weight is 242 g/mol. The summed E-state index contributed by atoms with van der Waals surface area (Å²) in [5, 5.41) is 4.05. The molecule has 1 aromatic rings. The fourth-order valence-electron chi connectivity index (χ4n) is 1.63. The van der Waals surface area contributed by atoms with Gasteiger partial charge in [-0.25, -0.2) is 4.98 Å². The minimum Gasteiger partial charge on any atom is -0.389 e. The number of hydrogen-bond acceptors (Lipinski definition) is 6. The molecular weight excluding hydrogens is 228 g/mol. The van der Waals surface area contributed by atoms with Gasteiger partial charge >= 0.3 is 0 Å². The Morgan fingerprint density at radius 1 is 1.81 bits per heavy atom. The minimum atomic E-state index is -0.315. The molecule has 1 aliphatic rings. The lowest BCUT2D eigenvalue weighted by molar-refractivity contribution is -0.124. The average Bonchev–Trinajstić information content (AvgIpc) is 2.75. The standard InChI is InChI=1S/C9H14N4O2S/c1-11-8(14)6-5-15-3-2-13(6)9-12-4-7(10)16-9/h4,6H,2-3,5,10H2,1H3,(H,11,14). The van der Waals surface area contributed by atoms with E-state index in [2.05, 4.69) is 10.3 Å². The highest BCUT2D eigenvalue weighted by Gasteiger charge is 2.30.